The molecule has 1 aliphatic heterocycles. The van der Waals surface area contributed by atoms with Crippen LogP contribution in [0.2, 0.25) is 0 Å². The van der Waals surface area contributed by atoms with Gasteiger partial charge in [-0.05, 0) is 38.0 Å². The van der Waals surface area contributed by atoms with E-state index in [1.54, 1.807) is 16.8 Å². The van der Waals surface area contributed by atoms with Crippen LogP contribution in [0.1, 0.15) is 19.8 Å². The standard InChI is InChI=1S/C19H24N6O2S/c1-3-24(15-7-6-12-23(13-15)28(2,26)27)19-20-11-10-18(22-19)25-14-21-16-8-4-5-9-17(16)25/h4-5,8-11,14-15H,3,6-7,12-13H2,1-2H3. The second kappa shape index (κ2) is 7.48. The van der Waals surface area contributed by atoms with Crippen molar-refractivity contribution in [1.82, 2.24) is 23.8 Å². The van der Waals surface area contributed by atoms with Gasteiger partial charge in [0.25, 0.3) is 0 Å². The Labute approximate surface area is 164 Å². The lowest BCUT2D eigenvalue weighted by atomic mass is 10.1. The molecule has 0 aliphatic carbocycles. The van der Waals surface area contributed by atoms with Gasteiger partial charge in [-0.15, -0.1) is 0 Å². The largest absolute Gasteiger partial charge is 0.337 e. The van der Waals surface area contributed by atoms with E-state index in [1.165, 1.54) is 6.26 Å². The van der Waals surface area contributed by atoms with Crippen LogP contribution in [-0.2, 0) is 10.0 Å². The van der Waals surface area contributed by atoms with Crippen LogP contribution in [0.3, 0.4) is 0 Å². The number of aromatic nitrogens is 4. The van der Waals surface area contributed by atoms with Crippen LogP contribution in [0.5, 0.6) is 0 Å². The molecule has 0 bridgehead atoms. The van der Waals surface area contributed by atoms with Crippen LogP contribution in [0.4, 0.5) is 5.95 Å². The predicted octanol–water partition coefficient (Wildman–Crippen LogP) is 2.07. The Morgan fingerprint density at radius 3 is 2.82 bits per heavy atom. The first-order chi connectivity index (χ1) is 13.5. The highest BCUT2D eigenvalue weighted by molar-refractivity contribution is 7.88. The Kier molecular flexibility index (Phi) is 5.03. The first kappa shape index (κ1) is 18.8. The molecule has 0 radical (unpaired) electrons. The van der Waals surface area contributed by atoms with E-state index in [2.05, 4.69) is 14.9 Å². The number of imidazole rings is 1. The molecule has 1 fully saturated rings. The average Bonchev–Trinajstić information content (AvgIpc) is 3.13. The maximum atomic E-state index is 12.0. The lowest BCUT2D eigenvalue weighted by Crippen LogP contribution is -2.50. The van der Waals surface area contributed by atoms with Crippen LogP contribution >= 0.6 is 0 Å². The third-order valence-electron chi connectivity index (χ3n) is 5.20. The van der Waals surface area contributed by atoms with Gasteiger partial charge < -0.3 is 4.90 Å². The van der Waals surface area contributed by atoms with Crippen LogP contribution in [-0.4, -0.2) is 64.2 Å². The number of likely N-dealkylation sites (N-methyl/N-ethyl adjacent to an activating group) is 1. The highest BCUT2D eigenvalue weighted by Crippen LogP contribution is 2.23. The molecule has 1 aliphatic rings. The Morgan fingerprint density at radius 1 is 1.21 bits per heavy atom. The van der Waals surface area contributed by atoms with Gasteiger partial charge in [0.15, 0.2) is 0 Å². The zero-order valence-electron chi connectivity index (χ0n) is 16.1. The van der Waals surface area contributed by atoms with E-state index in [0.717, 1.165) is 29.7 Å². The molecule has 28 heavy (non-hydrogen) atoms. The van der Waals surface area contributed by atoms with Crippen molar-refractivity contribution in [3.63, 3.8) is 0 Å². The fourth-order valence-electron chi connectivity index (χ4n) is 3.79. The predicted molar refractivity (Wildman–Crippen MR) is 109 cm³/mol. The highest BCUT2D eigenvalue weighted by Gasteiger charge is 2.30. The van der Waals surface area contributed by atoms with Gasteiger partial charge in [-0.25, -0.2) is 22.7 Å². The van der Waals surface area contributed by atoms with E-state index in [-0.39, 0.29) is 6.04 Å². The molecular formula is C19H24N6O2S. The number of hydrogen-bond acceptors (Lipinski definition) is 6. The van der Waals surface area contributed by atoms with Crippen molar-refractivity contribution >= 4 is 27.0 Å². The quantitative estimate of drug-likeness (QED) is 0.652. The van der Waals surface area contributed by atoms with Crippen LogP contribution in [0, 0.1) is 0 Å². The summed E-state index contributed by atoms with van der Waals surface area (Å²) in [5.74, 6) is 1.35. The molecule has 8 nitrogen and oxygen atoms in total. The summed E-state index contributed by atoms with van der Waals surface area (Å²) in [6.45, 7) is 3.79. The second-order valence-electron chi connectivity index (χ2n) is 7.02. The molecule has 148 valence electrons. The molecular weight excluding hydrogens is 376 g/mol. The topological polar surface area (TPSA) is 84.2 Å². The smallest absolute Gasteiger partial charge is 0.227 e. The number of sulfonamides is 1. The summed E-state index contributed by atoms with van der Waals surface area (Å²) >= 11 is 0. The molecule has 1 unspecified atom stereocenters. The fraction of sp³-hybridized carbons (Fsp3) is 0.421. The van der Waals surface area contributed by atoms with Crippen molar-refractivity contribution < 1.29 is 8.42 Å². The highest BCUT2D eigenvalue weighted by atomic mass is 32.2. The van der Waals surface area contributed by atoms with Gasteiger partial charge in [0.2, 0.25) is 16.0 Å². The summed E-state index contributed by atoms with van der Waals surface area (Å²) < 4.78 is 27.5. The molecule has 9 heteroatoms. The monoisotopic (exact) mass is 400 g/mol. The maximum absolute atomic E-state index is 12.0. The van der Waals surface area contributed by atoms with E-state index < -0.39 is 10.0 Å². The molecule has 3 aromatic rings. The summed E-state index contributed by atoms with van der Waals surface area (Å²) in [5, 5.41) is 0. The van der Waals surface area contributed by atoms with Crippen molar-refractivity contribution in [3.8, 4) is 5.82 Å². The third kappa shape index (κ3) is 3.59. The van der Waals surface area contributed by atoms with Crippen molar-refractivity contribution in [3.05, 3.63) is 42.9 Å². The summed E-state index contributed by atoms with van der Waals surface area (Å²) in [4.78, 5) is 15.8. The van der Waals surface area contributed by atoms with E-state index in [4.69, 9.17) is 4.98 Å². The minimum Gasteiger partial charge on any atom is -0.337 e. The maximum Gasteiger partial charge on any atom is 0.227 e. The van der Waals surface area contributed by atoms with Crippen molar-refractivity contribution in [2.75, 3.05) is 30.8 Å². The minimum atomic E-state index is -3.20. The zero-order chi connectivity index (χ0) is 19.7. The van der Waals surface area contributed by atoms with Gasteiger partial charge in [0, 0.05) is 31.9 Å². The van der Waals surface area contributed by atoms with Gasteiger partial charge in [-0.1, -0.05) is 12.1 Å². The van der Waals surface area contributed by atoms with Crippen LogP contribution in [0.25, 0.3) is 16.9 Å². The molecule has 2 aromatic heterocycles. The van der Waals surface area contributed by atoms with E-state index in [1.807, 2.05) is 41.8 Å². The van der Waals surface area contributed by atoms with Crippen molar-refractivity contribution in [2.24, 2.45) is 0 Å². The molecule has 3 heterocycles. The molecule has 0 saturated carbocycles. The number of rotatable bonds is 5. The molecule has 1 saturated heterocycles. The Hall–Kier alpha value is -2.52. The fourth-order valence-corrected chi connectivity index (χ4v) is 4.70. The molecule has 0 spiro atoms. The normalized spacial score (nSPS) is 18.4. The van der Waals surface area contributed by atoms with Gasteiger partial charge in [0.1, 0.15) is 12.1 Å². The summed E-state index contributed by atoms with van der Waals surface area (Å²) in [6, 6.07) is 9.82. The minimum absolute atomic E-state index is 0.0586. The zero-order valence-corrected chi connectivity index (χ0v) is 16.9. The number of fused-ring (bicyclic) bond motifs is 1. The molecule has 1 atom stereocenters. The number of piperidine rings is 1. The lowest BCUT2D eigenvalue weighted by Gasteiger charge is -2.38. The van der Waals surface area contributed by atoms with Crippen molar-refractivity contribution in [1.29, 1.82) is 0 Å². The van der Waals surface area contributed by atoms with Gasteiger partial charge in [0.05, 0.1) is 17.3 Å². The van der Waals surface area contributed by atoms with Crippen molar-refractivity contribution in [2.45, 2.75) is 25.8 Å². The summed E-state index contributed by atoms with van der Waals surface area (Å²) in [7, 11) is -3.20. The first-order valence-electron chi connectivity index (χ1n) is 9.44. The second-order valence-corrected chi connectivity index (χ2v) is 9.00. The molecule has 1 aromatic carbocycles. The average molecular weight is 401 g/mol. The third-order valence-corrected chi connectivity index (χ3v) is 6.46. The number of benzene rings is 1. The first-order valence-corrected chi connectivity index (χ1v) is 11.3. The van der Waals surface area contributed by atoms with Gasteiger partial charge in [-0.2, -0.15) is 4.98 Å². The molecule has 4 rings (SSSR count). The van der Waals surface area contributed by atoms with E-state index in [0.29, 0.717) is 25.6 Å². The lowest BCUT2D eigenvalue weighted by molar-refractivity contribution is 0.306. The number of nitrogens with zero attached hydrogens (tertiary/aromatic N) is 6. The molecule has 0 N–H and O–H groups in total. The van der Waals surface area contributed by atoms with Crippen LogP contribution in [0.15, 0.2) is 42.9 Å². The Balaban J connectivity index is 1.66. The van der Waals surface area contributed by atoms with Crippen LogP contribution < -0.4 is 4.90 Å². The number of hydrogen-bond donors (Lipinski definition) is 0. The van der Waals surface area contributed by atoms with E-state index in [9.17, 15) is 8.42 Å². The Bertz CT molecular complexity index is 1080. The summed E-state index contributed by atoms with van der Waals surface area (Å²) in [6.07, 6.45) is 6.53. The molecule has 0 amide bonds. The van der Waals surface area contributed by atoms with Gasteiger partial charge >= 0.3 is 0 Å². The summed E-state index contributed by atoms with van der Waals surface area (Å²) in [5.41, 5.74) is 1.89. The number of para-hydroxylation sites is 2. The van der Waals surface area contributed by atoms with E-state index >= 15 is 0 Å². The SMILES string of the molecule is CCN(c1nccc(-n2cnc3ccccc32)n1)C1CCCN(S(C)(=O)=O)C1. The van der Waals surface area contributed by atoms with Gasteiger partial charge in [-0.3, -0.25) is 4.57 Å². The number of anilines is 1. The Morgan fingerprint density at radius 2 is 2.04 bits per heavy atom.